The van der Waals surface area contributed by atoms with E-state index in [1.807, 2.05) is 26.8 Å². The van der Waals surface area contributed by atoms with Crippen molar-refractivity contribution in [3.8, 4) is 6.07 Å². The van der Waals surface area contributed by atoms with Crippen LogP contribution in [0.25, 0.3) is 5.65 Å². The minimum atomic E-state index is 0.278. The van der Waals surface area contributed by atoms with Gasteiger partial charge in [0, 0.05) is 24.2 Å². The van der Waals surface area contributed by atoms with Crippen LogP contribution in [0.5, 0.6) is 0 Å². The Labute approximate surface area is 135 Å². The number of anilines is 2. The van der Waals surface area contributed by atoms with Crippen molar-refractivity contribution in [2.75, 3.05) is 17.6 Å². The van der Waals surface area contributed by atoms with Crippen molar-refractivity contribution in [3.63, 3.8) is 0 Å². The normalized spacial score (nSPS) is 11.0. The third-order valence-electron chi connectivity index (χ3n) is 3.62. The lowest BCUT2D eigenvalue weighted by atomic mass is 10.2. The molecule has 0 bridgehead atoms. The van der Waals surface area contributed by atoms with Crippen LogP contribution in [-0.2, 0) is 6.42 Å². The third-order valence-corrected chi connectivity index (χ3v) is 3.62. The zero-order chi connectivity index (χ0) is 17.0. The number of rotatable bonds is 6. The zero-order valence-electron chi connectivity index (χ0n) is 13.6. The van der Waals surface area contributed by atoms with Gasteiger partial charge in [-0.05, 0) is 26.3 Å². The molecule has 0 amide bonds. The summed E-state index contributed by atoms with van der Waals surface area (Å²) in [7, 11) is 0. The van der Waals surface area contributed by atoms with E-state index in [-0.39, 0.29) is 11.4 Å². The first kappa shape index (κ1) is 16.5. The van der Waals surface area contributed by atoms with Crippen molar-refractivity contribution in [1.82, 2.24) is 14.6 Å². The van der Waals surface area contributed by atoms with E-state index in [0.717, 1.165) is 17.7 Å². The molecule has 23 heavy (non-hydrogen) atoms. The van der Waals surface area contributed by atoms with Crippen molar-refractivity contribution in [2.45, 2.75) is 33.6 Å². The highest BCUT2D eigenvalue weighted by Gasteiger charge is 2.17. The fourth-order valence-electron chi connectivity index (χ4n) is 2.47. The summed E-state index contributed by atoms with van der Waals surface area (Å²) < 4.78 is 1.53. The van der Waals surface area contributed by atoms with Gasteiger partial charge >= 0.3 is 0 Å². The number of nitrogen functional groups attached to an aromatic ring is 1. The number of hydrogen-bond acceptors (Lipinski definition) is 6. The molecular formula is C16H21N7. The summed E-state index contributed by atoms with van der Waals surface area (Å²) in [5.74, 6) is 0.728. The Morgan fingerprint density at radius 3 is 2.87 bits per heavy atom. The van der Waals surface area contributed by atoms with Gasteiger partial charge in [-0.1, -0.05) is 13.0 Å². The molecule has 0 aliphatic rings. The summed E-state index contributed by atoms with van der Waals surface area (Å²) in [4.78, 5) is 4.54. The summed E-state index contributed by atoms with van der Waals surface area (Å²) in [6.45, 7) is 6.32. The van der Waals surface area contributed by atoms with Crippen molar-refractivity contribution in [2.24, 2.45) is 0 Å². The predicted molar refractivity (Wildman–Crippen MR) is 91.9 cm³/mol. The fraction of sp³-hybridized carbons (Fsp3) is 0.375. The standard InChI is InChI=1S/C16H21N7/c1-4-6-11(18)7-8-20-15-13(9-17)14(19)23-16(21-15)12(5-2)10(3)22-23/h4,6,18H,5,7-8,19H2,1-3H3,(H,20,21)/b6-4-,18-11?. The summed E-state index contributed by atoms with van der Waals surface area (Å²) >= 11 is 0. The van der Waals surface area contributed by atoms with Crippen LogP contribution in [0.15, 0.2) is 12.2 Å². The molecule has 2 rings (SSSR count). The minimum absolute atomic E-state index is 0.278. The molecule has 0 saturated heterocycles. The first-order valence-electron chi connectivity index (χ1n) is 7.55. The number of nitrogens with zero attached hydrogens (tertiary/aromatic N) is 4. The molecule has 0 atom stereocenters. The molecule has 0 aliphatic carbocycles. The van der Waals surface area contributed by atoms with Crippen LogP contribution >= 0.6 is 0 Å². The van der Waals surface area contributed by atoms with Gasteiger partial charge in [0.2, 0.25) is 0 Å². The Kier molecular flexibility index (Phi) is 4.96. The largest absolute Gasteiger partial charge is 0.382 e. The smallest absolute Gasteiger partial charge is 0.163 e. The maximum absolute atomic E-state index is 9.38. The average Bonchev–Trinajstić information content (AvgIpc) is 2.83. The molecule has 0 aromatic carbocycles. The van der Waals surface area contributed by atoms with Gasteiger partial charge in [0.25, 0.3) is 0 Å². The molecule has 0 saturated carbocycles. The van der Waals surface area contributed by atoms with Crippen LogP contribution in [0.1, 0.15) is 37.1 Å². The zero-order valence-corrected chi connectivity index (χ0v) is 13.6. The maximum Gasteiger partial charge on any atom is 0.163 e. The van der Waals surface area contributed by atoms with E-state index in [9.17, 15) is 5.26 Å². The number of aromatic nitrogens is 3. The molecule has 120 valence electrons. The second-order valence-corrected chi connectivity index (χ2v) is 5.19. The van der Waals surface area contributed by atoms with Crippen molar-refractivity contribution >= 4 is 23.0 Å². The van der Waals surface area contributed by atoms with Gasteiger partial charge in [-0.3, -0.25) is 0 Å². The SMILES string of the molecule is C/C=C\C(=N)CCNc1nc2c(CC)c(C)nn2c(N)c1C#N. The van der Waals surface area contributed by atoms with E-state index >= 15 is 0 Å². The molecular weight excluding hydrogens is 290 g/mol. The summed E-state index contributed by atoms with van der Waals surface area (Å²) in [6, 6.07) is 2.09. The molecule has 7 heteroatoms. The van der Waals surface area contributed by atoms with Gasteiger partial charge in [-0.15, -0.1) is 0 Å². The number of aryl methyl sites for hydroxylation is 2. The lowest BCUT2D eigenvalue weighted by Gasteiger charge is -2.10. The van der Waals surface area contributed by atoms with Crippen molar-refractivity contribution in [1.29, 1.82) is 10.7 Å². The highest BCUT2D eigenvalue weighted by molar-refractivity contribution is 5.92. The number of hydrogen-bond donors (Lipinski definition) is 3. The molecule has 0 radical (unpaired) electrons. The van der Waals surface area contributed by atoms with E-state index < -0.39 is 0 Å². The number of fused-ring (bicyclic) bond motifs is 1. The monoisotopic (exact) mass is 311 g/mol. The highest BCUT2D eigenvalue weighted by atomic mass is 15.3. The van der Waals surface area contributed by atoms with Gasteiger partial charge < -0.3 is 16.5 Å². The van der Waals surface area contributed by atoms with E-state index in [2.05, 4.69) is 21.5 Å². The molecule has 0 spiro atoms. The van der Waals surface area contributed by atoms with Crippen molar-refractivity contribution < 1.29 is 0 Å². The van der Waals surface area contributed by atoms with Gasteiger partial charge in [0.1, 0.15) is 23.3 Å². The van der Waals surface area contributed by atoms with Crippen LogP contribution in [0.3, 0.4) is 0 Å². The molecule has 0 unspecified atom stereocenters. The van der Waals surface area contributed by atoms with E-state index in [4.69, 9.17) is 11.1 Å². The molecule has 7 nitrogen and oxygen atoms in total. The molecule has 0 fully saturated rings. The first-order chi connectivity index (χ1) is 11.0. The Bertz CT molecular complexity index is 808. The maximum atomic E-state index is 9.38. The number of nitrogens with two attached hydrogens (primary N) is 1. The lowest BCUT2D eigenvalue weighted by Crippen LogP contribution is -2.12. The number of nitriles is 1. The number of nitrogens with one attached hydrogen (secondary N) is 2. The quantitative estimate of drug-likeness (QED) is 0.709. The first-order valence-corrected chi connectivity index (χ1v) is 7.55. The molecule has 2 heterocycles. The van der Waals surface area contributed by atoms with Crippen LogP contribution in [0.2, 0.25) is 0 Å². The fourth-order valence-corrected chi connectivity index (χ4v) is 2.47. The highest BCUT2D eigenvalue weighted by Crippen LogP contribution is 2.24. The Morgan fingerprint density at radius 2 is 2.26 bits per heavy atom. The van der Waals surface area contributed by atoms with Crippen molar-refractivity contribution in [3.05, 3.63) is 29.0 Å². The Hall–Kier alpha value is -2.88. The van der Waals surface area contributed by atoms with Gasteiger partial charge in [0.05, 0.1) is 5.69 Å². The second kappa shape index (κ2) is 6.92. The van der Waals surface area contributed by atoms with Crippen LogP contribution in [0, 0.1) is 23.7 Å². The van der Waals surface area contributed by atoms with Gasteiger partial charge in [-0.25, -0.2) is 4.98 Å². The third kappa shape index (κ3) is 3.16. The molecule has 2 aromatic heterocycles. The van der Waals surface area contributed by atoms with Crippen LogP contribution in [0.4, 0.5) is 11.6 Å². The lowest BCUT2D eigenvalue weighted by molar-refractivity contribution is 0.922. The minimum Gasteiger partial charge on any atom is -0.382 e. The summed E-state index contributed by atoms with van der Waals surface area (Å²) in [5, 5.41) is 24.6. The molecule has 2 aromatic rings. The average molecular weight is 311 g/mol. The summed E-state index contributed by atoms with van der Waals surface area (Å²) in [5.41, 5.74) is 9.44. The van der Waals surface area contributed by atoms with Gasteiger partial charge in [-0.2, -0.15) is 14.9 Å². The molecule has 0 aliphatic heterocycles. The Balaban J connectivity index is 2.39. The van der Waals surface area contributed by atoms with Crippen LogP contribution in [-0.4, -0.2) is 26.9 Å². The molecule has 4 N–H and O–H groups in total. The topological polar surface area (TPSA) is 116 Å². The van der Waals surface area contributed by atoms with E-state index in [0.29, 0.717) is 30.1 Å². The second-order valence-electron chi connectivity index (χ2n) is 5.19. The predicted octanol–water partition coefficient (Wildman–Crippen LogP) is 2.45. The Morgan fingerprint density at radius 1 is 1.52 bits per heavy atom. The van der Waals surface area contributed by atoms with Gasteiger partial charge in [0.15, 0.2) is 5.65 Å². The van der Waals surface area contributed by atoms with Crippen LogP contribution < -0.4 is 11.1 Å². The van der Waals surface area contributed by atoms with E-state index in [1.54, 1.807) is 6.08 Å². The number of allylic oxidation sites excluding steroid dienone is 2. The van der Waals surface area contributed by atoms with E-state index in [1.165, 1.54) is 4.52 Å². The summed E-state index contributed by atoms with van der Waals surface area (Å²) in [6.07, 6.45) is 4.90.